The van der Waals surface area contributed by atoms with Gasteiger partial charge in [-0.3, -0.25) is 4.79 Å². The highest BCUT2D eigenvalue weighted by atomic mass is 32.2. The van der Waals surface area contributed by atoms with Crippen LogP contribution >= 0.6 is 34.4 Å². The molecule has 3 heterocycles. The maximum absolute atomic E-state index is 12.1. The zero-order valence-electron chi connectivity index (χ0n) is 49.7. The van der Waals surface area contributed by atoms with Gasteiger partial charge in [-0.2, -0.15) is 0 Å². The molecule has 0 radical (unpaired) electrons. The molecule has 18 aliphatic carbocycles. The Morgan fingerprint density at radius 1 is 0.578 bits per heavy atom. The smallest absolute Gasteiger partial charge is 0.167 e. The van der Waals surface area contributed by atoms with Gasteiger partial charge in [-0.15, -0.1) is 34.4 Å². The highest BCUT2D eigenvalue weighted by Gasteiger charge is 2.56. The molecule has 0 amide bonds. The molecule has 0 spiro atoms. The lowest BCUT2D eigenvalue weighted by molar-refractivity contribution is -0.142. The van der Waals surface area contributed by atoms with Crippen LogP contribution in [0.1, 0.15) is 178 Å². The minimum absolute atomic E-state index is 0.00355. The molecular formula is C72H95N5O3S3. The van der Waals surface area contributed by atoms with E-state index in [2.05, 4.69) is 117 Å². The van der Waals surface area contributed by atoms with Crippen LogP contribution in [0.25, 0.3) is 20.7 Å². The SMILES string of the molecule is CSc1ccc(-c2cc(CNC34CC5CCC(CC(C5)C3)C4)no2)cc1.O=C1C2CC3CC1CC(NCC1=CC=CC1)(C3)C2.OC1C2CC3CC1CC(NCC1=CC=CC1)(C3)C2.c1cc2cc(CNC34CC5CCC(CC(C5)C3)C4)sc2s1. The highest BCUT2D eigenvalue weighted by molar-refractivity contribution is 7.98. The third kappa shape index (κ3) is 12.1. The standard InChI is InChI=1S/C22H28N2OS.C18H23NS2.C16H23NO.C16H21NO/c1-26-20-6-4-18(5-7-20)21-10-19(24-25-21)14-23-22-11-15-2-3-16(12-22)9-17(8-15)13-22;1-2-13-6-14-5-12(1)8-18(9-13,10-14)19-11-16-7-15-3-4-20-17(15)21-16;2*18-15-13-5-12-6-14(15)9-16(7-12,8-13)17-10-11-3-1-2-4-11/h4-7,10,15-17,23H,2-3,8-9,11-14H2,1H3;3-4,7,12-14,19H,1-2,5-6,8-11H2;1-3,12-15,17-18H,4-10H2;1-3,12-14,17H,4-10H2. The van der Waals surface area contributed by atoms with E-state index in [9.17, 15) is 9.90 Å². The Balaban J connectivity index is 0.0000000955. The van der Waals surface area contributed by atoms with Crippen LogP contribution < -0.4 is 21.3 Å². The molecule has 5 N–H and O–H groups in total. The van der Waals surface area contributed by atoms with Gasteiger partial charge in [0.25, 0.3) is 0 Å². The van der Waals surface area contributed by atoms with E-state index in [1.165, 1.54) is 172 Å². The number of carbonyl (C=O) groups excluding carboxylic acids is 1. The molecular weight excluding hydrogens is 1080 g/mol. The number of ketones is 1. The van der Waals surface area contributed by atoms with Crippen molar-refractivity contribution in [1.82, 2.24) is 26.4 Å². The lowest BCUT2D eigenvalue weighted by Gasteiger charge is -2.59. The highest BCUT2D eigenvalue weighted by Crippen LogP contribution is 2.58. The summed E-state index contributed by atoms with van der Waals surface area (Å²) in [6.45, 7) is 4.00. The van der Waals surface area contributed by atoms with E-state index >= 15 is 0 Å². The maximum atomic E-state index is 12.1. The average Bonchev–Trinajstić information content (AvgIpc) is 3.76. The van der Waals surface area contributed by atoms with Gasteiger partial charge in [-0.1, -0.05) is 90.6 Å². The minimum atomic E-state index is 0.00355. The van der Waals surface area contributed by atoms with Crippen molar-refractivity contribution in [3.8, 4) is 11.3 Å². The molecule has 0 aliphatic heterocycles. The summed E-state index contributed by atoms with van der Waals surface area (Å²) in [6.07, 6.45) is 50.3. The molecule has 22 rings (SSSR count). The largest absolute Gasteiger partial charge is 0.393 e. The van der Waals surface area contributed by atoms with E-state index in [1.807, 2.05) is 22.7 Å². The van der Waals surface area contributed by atoms with Crippen LogP contribution in [0.3, 0.4) is 0 Å². The number of hydrogen-bond donors (Lipinski definition) is 5. The van der Waals surface area contributed by atoms with Gasteiger partial charge in [0.1, 0.15) is 5.78 Å². The Morgan fingerprint density at radius 2 is 1.07 bits per heavy atom. The fourth-order valence-electron chi connectivity index (χ4n) is 21.6. The second kappa shape index (κ2) is 23.4. The molecule has 16 saturated carbocycles. The van der Waals surface area contributed by atoms with Crippen LogP contribution in [-0.4, -0.2) is 63.7 Å². The number of rotatable bonds is 14. The average molecular weight is 1170 g/mol. The summed E-state index contributed by atoms with van der Waals surface area (Å²) < 4.78 is 7.12. The molecule has 0 saturated heterocycles. The molecule has 11 heteroatoms. The van der Waals surface area contributed by atoms with Gasteiger partial charge in [-0.25, -0.2) is 0 Å². The summed E-state index contributed by atoms with van der Waals surface area (Å²) in [7, 11) is 0. The monoisotopic (exact) mass is 1170 g/mol. The Morgan fingerprint density at radius 3 is 1.60 bits per heavy atom. The molecule has 8 nitrogen and oxygen atoms in total. The van der Waals surface area contributed by atoms with E-state index in [4.69, 9.17) is 4.52 Å². The van der Waals surface area contributed by atoms with Crippen molar-refractivity contribution in [2.75, 3.05) is 19.3 Å². The number of thioether (sulfide) groups is 1. The van der Waals surface area contributed by atoms with E-state index < -0.39 is 0 Å². The second-order valence-electron chi connectivity index (χ2n) is 30.5. The number of aliphatic hydroxyl groups is 1. The lowest BCUT2D eigenvalue weighted by atomic mass is 9.52. The number of aliphatic hydroxyl groups excluding tert-OH is 1. The first-order valence-corrected chi connectivity index (χ1v) is 36.4. The van der Waals surface area contributed by atoms with Gasteiger partial charge in [0.15, 0.2) is 5.76 Å². The van der Waals surface area contributed by atoms with E-state index in [0.717, 1.165) is 116 Å². The first kappa shape index (κ1) is 56.4. The number of thiophene rings is 2. The van der Waals surface area contributed by atoms with Gasteiger partial charge in [0.2, 0.25) is 0 Å². The normalized spacial score (nSPS) is 40.2. The number of aromatic nitrogens is 1. The number of Topliss-reactive ketones (excluding diaryl/α,β-unsaturated/α-hetero) is 1. The van der Waals surface area contributed by atoms with Crippen LogP contribution in [-0.2, 0) is 17.9 Å². The van der Waals surface area contributed by atoms with Gasteiger partial charge >= 0.3 is 0 Å². The summed E-state index contributed by atoms with van der Waals surface area (Å²) in [5, 5.41) is 34.0. The van der Waals surface area contributed by atoms with E-state index in [0.29, 0.717) is 51.6 Å². The van der Waals surface area contributed by atoms with Gasteiger partial charge < -0.3 is 30.9 Å². The van der Waals surface area contributed by atoms with Crippen LogP contribution in [0.15, 0.2) is 105 Å². The summed E-state index contributed by atoms with van der Waals surface area (Å²) in [5.74, 6) is 11.1. The third-order valence-corrected chi connectivity index (χ3v) is 27.4. The van der Waals surface area contributed by atoms with Crippen molar-refractivity contribution in [3.63, 3.8) is 0 Å². The Labute approximate surface area is 508 Å². The number of benzene rings is 1. The molecule has 8 atom stereocenters. The summed E-state index contributed by atoms with van der Waals surface area (Å²) in [6, 6.07) is 15.3. The van der Waals surface area contributed by atoms with Crippen molar-refractivity contribution < 1.29 is 14.4 Å². The number of carbonyl (C=O) groups is 1. The van der Waals surface area contributed by atoms with Crippen LogP contribution in [0.2, 0.25) is 0 Å². The Kier molecular flexibility index (Phi) is 15.9. The fourth-order valence-corrected chi connectivity index (χ4v) is 24.1. The number of fused-ring (bicyclic) bond motifs is 3. The number of nitrogens with zero attached hydrogens (tertiary/aromatic N) is 1. The molecule has 8 unspecified atom stereocenters. The molecule has 4 aromatic rings. The van der Waals surface area contributed by atoms with Crippen molar-refractivity contribution in [1.29, 1.82) is 0 Å². The van der Waals surface area contributed by atoms with Crippen molar-refractivity contribution in [2.45, 2.75) is 213 Å². The van der Waals surface area contributed by atoms with Gasteiger partial charge in [0.05, 0.1) is 15.8 Å². The lowest BCUT2D eigenvalue weighted by Crippen LogP contribution is -2.62. The number of nitrogens with one attached hydrogen (secondary N) is 4. The Hall–Kier alpha value is -3.13. The summed E-state index contributed by atoms with van der Waals surface area (Å²) in [5.41, 5.74) is 6.67. The predicted molar refractivity (Wildman–Crippen MR) is 341 cm³/mol. The predicted octanol–water partition coefficient (Wildman–Crippen LogP) is 15.9. The molecule has 16 fully saturated rings. The molecule has 83 heavy (non-hydrogen) atoms. The molecule has 1 aromatic carbocycles. The Bertz CT molecular complexity index is 3000. The minimum Gasteiger partial charge on any atom is -0.393 e. The summed E-state index contributed by atoms with van der Waals surface area (Å²) >= 11 is 5.64. The van der Waals surface area contributed by atoms with Crippen LogP contribution in [0, 0.1) is 71.0 Å². The first-order valence-electron chi connectivity index (χ1n) is 33.4. The van der Waals surface area contributed by atoms with Crippen molar-refractivity contribution in [2.24, 2.45) is 71.0 Å². The van der Waals surface area contributed by atoms with E-state index in [-0.39, 0.29) is 6.10 Å². The molecule has 444 valence electrons. The quantitative estimate of drug-likeness (QED) is 0.0788. The van der Waals surface area contributed by atoms with Gasteiger partial charge in [-0.05, 0) is 236 Å². The van der Waals surface area contributed by atoms with Crippen LogP contribution in [0.5, 0.6) is 0 Å². The van der Waals surface area contributed by atoms with Crippen molar-refractivity contribution >= 4 is 49.6 Å². The first-order chi connectivity index (χ1) is 40.5. The molecule has 3 aromatic heterocycles. The number of allylic oxidation sites excluding steroid dienone is 6. The topological polar surface area (TPSA) is 111 Å². The van der Waals surface area contributed by atoms with Gasteiger partial charge in [0, 0.05) is 87.0 Å². The van der Waals surface area contributed by atoms with Crippen molar-refractivity contribution in [3.05, 3.63) is 106 Å². The summed E-state index contributed by atoms with van der Waals surface area (Å²) in [4.78, 5) is 14.9. The molecule has 16 bridgehead atoms. The zero-order chi connectivity index (χ0) is 55.8. The second-order valence-corrected chi connectivity index (χ2v) is 33.7. The third-order valence-electron chi connectivity index (χ3n) is 24.4. The maximum Gasteiger partial charge on any atom is 0.167 e. The fraction of sp³-hybridized carbons (Fsp3) is 0.667. The number of hydrogen-bond acceptors (Lipinski definition) is 11. The van der Waals surface area contributed by atoms with E-state index in [1.54, 1.807) is 11.8 Å². The zero-order valence-corrected chi connectivity index (χ0v) is 52.2. The molecule has 18 aliphatic rings. The van der Waals surface area contributed by atoms with Crippen LogP contribution in [0.4, 0.5) is 0 Å².